The van der Waals surface area contributed by atoms with Gasteiger partial charge in [-0.15, -0.1) is 0 Å². The molecule has 2 heterocycles. The van der Waals surface area contributed by atoms with Gasteiger partial charge < -0.3 is 9.42 Å². The molecule has 4 rings (SSSR count). The van der Waals surface area contributed by atoms with Crippen LogP contribution in [0.15, 0.2) is 53.1 Å². The number of anilines is 2. The lowest BCUT2D eigenvalue weighted by Crippen LogP contribution is -2.29. The molecule has 0 spiro atoms. The third-order valence-corrected chi connectivity index (χ3v) is 5.27. The summed E-state index contributed by atoms with van der Waals surface area (Å²) in [6, 6.07) is 15.7. The standard InChI is InChI=1S/C20H22N4O3S/c1-28(25,26)23-17-10-5-11-18-16(17)9-6-12-24(18)14-20-21-19(22-27-20)13-15-7-3-2-4-8-15/h2-5,7-8,10-11,23H,6,9,12-14H2,1H3. The molecule has 0 aliphatic carbocycles. The van der Waals surface area contributed by atoms with Gasteiger partial charge in [-0.3, -0.25) is 4.72 Å². The molecule has 1 aromatic heterocycles. The first-order chi connectivity index (χ1) is 13.5. The molecule has 1 aliphatic heterocycles. The van der Waals surface area contributed by atoms with Crippen molar-refractivity contribution in [2.24, 2.45) is 0 Å². The highest BCUT2D eigenvalue weighted by atomic mass is 32.2. The highest BCUT2D eigenvalue weighted by Gasteiger charge is 2.22. The fourth-order valence-electron chi connectivity index (χ4n) is 3.53. The Morgan fingerprint density at radius 2 is 1.96 bits per heavy atom. The molecule has 2 aromatic carbocycles. The third kappa shape index (κ3) is 4.33. The van der Waals surface area contributed by atoms with Gasteiger partial charge in [0, 0.05) is 18.7 Å². The fraction of sp³-hybridized carbons (Fsp3) is 0.300. The molecule has 146 valence electrons. The van der Waals surface area contributed by atoms with E-state index in [1.54, 1.807) is 6.07 Å². The van der Waals surface area contributed by atoms with Crippen molar-refractivity contribution in [3.05, 3.63) is 71.4 Å². The molecule has 0 saturated carbocycles. The Morgan fingerprint density at radius 1 is 1.14 bits per heavy atom. The average Bonchev–Trinajstić information content (AvgIpc) is 3.09. The van der Waals surface area contributed by atoms with Crippen molar-refractivity contribution in [3.8, 4) is 0 Å². The highest BCUT2D eigenvalue weighted by molar-refractivity contribution is 7.92. The lowest BCUT2D eigenvalue weighted by molar-refractivity contribution is 0.370. The zero-order valence-corrected chi connectivity index (χ0v) is 16.4. The summed E-state index contributed by atoms with van der Waals surface area (Å²) in [7, 11) is -3.32. The summed E-state index contributed by atoms with van der Waals surface area (Å²) in [6.07, 6.45) is 3.55. The first-order valence-corrected chi connectivity index (χ1v) is 11.1. The van der Waals surface area contributed by atoms with Crippen LogP contribution in [-0.4, -0.2) is 31.4 Å². The van der Waals surface area contributed by atoms with Crippen molar-refractivity contribution in [1.82, 2.24) is 10.1 Å². The molecule has 28 heavy (non-hydrogen) atoms. The van der Waals surface area contributed by atoms with Crippen molar-refractivity contribution in [3.63, 3.8) is 0 Å². The topological polar surface area (TPSA) is 88.3 Å². The van der Waals surface area contributed by atoms with Crippen LogP contribution in [0.3, 0.4) is 0 Å². The molecule has 0 radical (unpaired) electrons. The summed E-state index contributed by atoms with van der Waals surface area (Å²) in [5.74, 6) is 1.21. The highest BCUT2D eigenvalue weighted by Crippen LogP contribution is 2.34. The Balaban J connectivity index is 1.52. The maximum atomic E-state index is 11.7. The molecule has 1 aliphatic rings. The van der Waals surface area contributed by atoms with E-state index in [1.165, 1.54) is 6.26 Å². The van der Waals surface area contributed by atoms with E-state index in [2.05, 4.69) is 19.8 Å². The van der Waals surface area contributed by atoms with Crippen molar-refractivity contribution >= 4 is 21.4 Å². The SMILES string of the molecule is CS(=O)(=O)Nc1cccc2c1CCCN2Cc1nc(Cc2ccccc2)no1. The van der Waals surface area contributed by atoms with E-state index in [0.29, 0.717) is 30.4 Å². The molecule has 1 N–H and O–H groups in total. The number of nitrogens with one attached hydrogen (secondary N) is 1. The quantitative estimate of drug-likeness (QED) is 0.687. The van der Waals surface area contributed by atoms with Gasteiger partial charge in [0.15, 0.2) is 5.82 Å². The largest absolute Gasteiger partial charge is 0.362 e. The number of fused-ring (bicyclic) bond motifs is 1. The van der Waals surface area contributed by atoms with Gasteiger partial charge in [0.25, 0.3) is 0 Å². The zero-order chi connectivity index (χ0) is 19.6. The summed E-state index contributed by atoms with van der Waals surface area (Å²) in [6.45, 7) is 1.35. The van der Waals surface area contributed by atoms with Crippen LogP contribution < -0.4 is 9.62 Å². The van der Waals surface area contributed by atoms with E-state index in [-0.39, 0.29) is 0 Å². The molecular formula is C20H22N4O3S. The molecule has 3 aromatic rings. The summed E-state index contributed by atoms with van der Waals surface area (Å²) < 4.78 is 31.4. The minimum atomic E-state index is -3.32. The van der Waals surface area contributed by atoms with Crippen molar-refractivity contribution < 1.29 is 12.9 Å². The smallest absolute Gasteiger partial charge is 0.246 e. The van der Waals surface area contributed by atoms with E-state index in [1.807, 2.05) is 42.5 Å². The Bertz CT molecular complexity index is 1060. The molecule has 0 unspecified atom stereocenters. The second-order valence-electron chi connectivity index (χ2n) is 6.97. The molecule has 0 amide bonds. The first-order valence-electron chi connectivity index (χ1n) is 9.18. The van der Waals surface area contributed by atoms with Crippen LogP contribution in [0.25, 0.3) is 0 Å². The maximum absolute atomic E-state index is 11.7. The Morgan fingerprint density at radius 3 is 2.75 bits per heavy atom. The van der Waals surface area contributed by atoms with Crippen LogP contribution >= 0.6 is 0 Å². The predicted molar refractivity (Wildman–Crippen MR) is 108 cm³/mol. The number of hydrogen-bond acceptors (Lipinski definition) is 6. The van der Waals surface area contributed by atoms with Crippen molar-refractivity contribution in [2.75, 3.05) is 22.4 Å². The normalized spacial score (nSPS) is 14.0. The van der Waals surface area contributed by atoms with Gasteiger partial charge in [0.2, 0.25) is 15.9 Å². The van der Waals surface area contributed by atoms with Crippen LogP contribution in [0.5, 0.6) is 0 Å². The van der Waals surface area contributed by atoms with Gasteiger partial charge in [-0.25, -0.2) is 8.42 Å². The molecular weight excluding hydrogens is 376 g/mol. The van der Waals surface area contributed by atoms with Gasteiger partial charge in [0.1, 0.15) is 0 Å². The number of hydrogen-bond donors (Lipinski definition) is 1. The monoisotopic (exact) mass is 398 g/mol. The van der Waals surface area contributed by atoms with Gasteiger partial charge in [0.05, 0.1) is 18.5 Å². The number of aromatic nitrogens is 2. The minimum absolute atomic E-state index is 0.497. The first kappa shape index (κ1) is 18.5. The molecule has 7 nitrogen and oxygen atoms in total. The average molecular weight is 398 g/mol. The van der Waals surface area contributed by atoms with Gasteiger partial charge >= 0.3 is 0 Å². The fourth-order valence-corrected chi connectivity index (χ4v) is 4.12. The van der Waals surface area contributed by atoms with Crippen LogP contribution in [0.4, 0.5) is 11.4 Å². The van der Waals surface area contributed by atoms with Crippen molar-refractivity contribution in [1.29, 1.82) is 0 Å². The third-order valence-electron chi connectivity index (χ3n) is 4.68. The zero-order valence-electron chi connectivity index (χ0n) is 15.6. The summed E-state index contributed by atoms with van der Waals surface area (Å²) >= 11 is 0. The van der Waals surface area contributed by atoms with Crippen LogP contribution in [0.1, 0.15) is 29.3 Å². The lowest BCUT2D eigenvalue weighted by atomic mass is 10.00. The molecule has 8 heteroatoms. The summed E-state index contributed by atoms with van der Waals surface area (Å²) in [5.41, 5.74) is 3.78. The lowest BCUT2D eigenvalue weighted by Gasteiger charge is -2.31. The molecule has 0 atom stereocenters. The Kier molecular flexibility index (Phi) is 5.04. The van der Waals surface area contributed by atoms with E-state index >= 15 is 0 Å². The van der Waals surface area contributed by atoms with Gasteiger partial charge in [-0.05, 0) is 36.1 Å². The van der Waals surface area contributed by atoms with E-state index in [4.69, 9.17) is 4.52 Å². The summed E-state index contributed by atoms with van der Waals surface area (Å²) in [4.78, 5) is 6.68. The molecule has 0 saturated heterocycles. The molecule has 0 fully saturated rings. The van der Waals surface area contributed by atoms with E-state index in [9.17, 15) is 8.42 Å². The van der Waals surface area contributed by atoms with Crippen LogP contribution in [-0.2, 0) is 29.4 Å². The summed E-state index contributed by atoms with van der Waals surface area (Å²) in [5, 5.41) is 4.09. The van der Waals surface area contributed by atoms with Crippen LogP contribution in [0, 0.1) is 0 Å². The van der Waals surface area contributed by atoms with E-state index < -0.39 is 10.0 Å². The van der Waals surface area contributed by atoms with Crippen molar-refractivity contribution in [2.45, 2.75) is 25.8 Å². The van der Waals surface area contributed by atoms with Gasteiger partial charge in [-0.2, -0.15) is 4.98 Å². The van der Waals surface area contributed by atoms with Crippen LogP contribution in [0.2, 0.25) is 0 Å². The van der Waals surface area contributed by atoms with Gasteiger partial charge in [-0.1, -0.05) is 41.6 Å². The second-order valence-corrected chi connectivity index (χ2v) is 8.72. The Hall–Kier alpha value is -2.87. The minimum Gasteiger partial charge on any atom is -0.362 e. The Labute approximate surface area is 164 Å². The van der Waals surface area contributed by atoms with E-state index in [0.717, 1.165) is 36.2 Å². The number of rotatable bonds is 6. The number of nitrogens with zero attached hydrogens (tertiary/aromatic N) is 3. The number of sulfonamides is 1. The maximum Gasteiger partial charge on any atom is 0.246 e. The number of benzene rings is 2. The molecule has 0 bridgehead atoms. The predicted octanol–water partition coefficient (Wildman–Crippen LogP) is 2.98. The second kappa shape index (κ2) is 7.63.